The summed E-state index contributed by atoms with van der Waals surface area (Å²) >= 11 is 4.90. The van der Waals surface area contributed by atoms with Gasteiger partial charge in [0.2, 0.25) is 5.91 Å². The third-order valence-corrected chi connectivity index (χ3v) is 5.00. The van der Waals surface area contributed by atoms with E-state index in [9.17, 15) is 14.4 Å². The monoisotopic (exact) mass is 449 g/mol. The van der Waals surface area contributed by atoms with Crippen molar-refractivity contribution in [2.45, 2.75) is 58.3 Å². The Kier molecular flexibility index (Phi) is 8.52. The quantitative estimate of drug-likeness (QED) is 0.482. The van der Waals surface area contributed by atoms with Crippen LogP contribution in [0.15, 0.2) is 24.3 Å². The van der Waals surface area contributed by atoms with Crippen LogP contribution in [0.2, 0.25) is 0 Å². The van der Waals surface area contributed by atoms with Gasteiger partial charge in [-0.3, -0.25) is 9.59 Å². The average molecular weight is 450 g/mol. The van der Waals surface area contributed by atoms with E-state index in [-0.39, 0.29) is 29.5 Å². The number of carbonyl (C=O) groups excluding carboxylic acids is 3. The lowest BCUT2D eigenvalue weighted by Crippen LogP contribution is -2.50. The summed E-state index contributed by atoms with van der Waals surface area (Å²) in [5.41, 5.74) is 6.11. The van der Waals surface area contributed by atoms with E-state index in [1.165, 1.54) is 0 Å². The number of ether oxygens (including phenoxy) is 2. The first-order chi connectivity index (χ1) is 14.5. The summed E-state index contributed by atoms with van der Waals surface area (Å²) < 4.78 is 10.9. The number of esters is 1. The van der Waals surface area contributed by atoms with Gasteiger partial charge in [-0.15, -0.1) is 0 Å². The van der Waals surface area contributed by atoms with E-state index < -0.39 is 17.6 Å². The first kappa shape index (κ1) is 24.7. The number of nitrogens with one attached hydrogen (secondary N) is 1. The number of thiocarbonyl (C=S) groups is 1. The van der Waals surface area contributed by atoms with Crippen LogP contribution in [0.25, 0.3) is 0 Å². The van der Waals surface area contributed by atoms with Crippen molar-refractivity contribution in [3.05, 3.63) is 35.4 Å². The number of hydrogen-bond donors (Lipinski definition) is 2. The fourth-order valence-electron chi connectivity index (χ4n) is 3.20. The third-order valence-electron chi connectivity index (χ3n) is 4.76. The molecule has 0 bridgehead atoms. The maximum atomic E-state index is 12.7. The Balaban J connectivity index is 1.77. The zero-order valence-electron chi connectivity index (χ0n) is 18.5. The normalized spacial score (nSPS) is 15.8. The number of likely N-dealkylation sites (tertiary alicyclic amines) is 1. The average Bonchev–Trinajstić information content (AvgIpc) is 2.70. The molecule has 2 amide bonds. The fourth-order valence-corrected chi connectivity index (χ4v) is 3.34. The van der Waals surface area contributed by atoms with Crippen LogP contribution < -0.4 is 11.1 Å². The van der Waals surface area contributed by atoms with Crippen molar-refractivity contribution in [3.63, 3.8) is 0 Å². The van der Waals surface area contributed by atoms with Crippen LogP contribution in [0.3, 0.4) is 0 Å². The standard InChI is InChI=1S/C22H31N3O5S/c1-14(24-20(27)16-7-5-15(6-8-16)19(23)31)21(28)25-11-9-17(10-12-25)29-13-18(26)30-22(2,3)4/h5-8,14,17H,9-13H2,1-4H3,(H2,23,31)(H,24,27)/t14-/m0/s1. The molecule has 31 heavy (non-hydrogen) atoms. The zero-order valence-corrected chi connectivity index (χ0v) is 19.3. The van der Waals surface area contributed by atoms with Crippen molar-refractivity contribution in [2.75, 3.05) is 19.7 Å². The van der Waals surface area contributed by atoms with Crippen LogP contribution in [0.5, 0.6) is 0 Å². The molecule has 0 saturated carbocycles. The number of amides is 2. The van der Waals surface area contributed by atoms with Gasteiger partial charge in [0, 0.05) is 24.2 Å². The molecule has 1 aromatic carbocycles. The Labute approximate surface area is 188 Å². The van der Waals surface area contributed by atoms with Gasteiger partial charge in [-0.1, -0.05) is 24.4 Å². The SMILES string of the molecule is C[C@H](NC(=O)c1ccc(C(N)=S)cc1)C(=O)N1CCC(OCC(=O)OC(C)(C)C)CC1. The summed E-state index contributed by atoms with van der Waals surface area (Å²) in [6.07, 6.45) is 1.14. The van der Waals surface area contributed by atoms with Crippen LogP contribution in [0.1, 0.15) is 56.5 Å². The van der Waals surface area contributed by atoms with Crippen LogP contribution in [0.4, 0.5) is 0 Å². The zero-order chi connectivity index (χ0) is 23.2. The van der Waals surface area contributed by atoms with Crippen molar-refractivity contribution < 1.29 is 23.9 Å². The Bertz CT molecular complexity index is 811. The fraction of sp³-hybridized carbons (Fsp3) is 0.545. The van der Waals surface area contributed by atoms with E-state index in [0.717, 1.165) is 0 Å². The summed E-state index contributed by atoms with van der Waals surface area (Å²) in [6, 6.07) is 5.92. The molecule has 0 aromatic heterocycles. The van der Waals surface area contributed by atoms with E-state index in [0.29, 0.717) is 37.1 Å². The highest BCUT2D eigenvalue weighted by atomic mass is 32.1. The van der Waals surface area contributed by atoms with Crippen molar-refractivity contribution in [3.8, 4) is 0 Å². The first-order valence-electron chi connectivity index (χ1n) is 10.3. The minimum absolute atomic E-state index is 0.101. The molecule has 3 N–H and O–H groups in total. The van der Waals surface area contributed by atoms with Gasteiger partial charge in [-0.05, 0) is 52.7 Å². The molecule has 1 aromatic rings. The van der Waals surface area contributed by atoms with Crippen LogP contribution in [-0.4, -0.2) is 65.1 Å². The summed E-state index contributed by atoms with van der Waals surface area (Å²) in [7, 11) is 0. The minimum atomic E-state index is -0.665. The first-order valence-corrected chi connectivity index (χ1v) is 10.7. The molecular formula is C22H31N3O5S. The second-order valence-corrected chi connectivity index (χ2v) is 9.00. The van der Waals surface area contributed by atoms with Gasteiger partial charge in [-0.2, -0.15) is 0 Å². The second kappa shape index (κ2) is 10.7. The van der Waals surface area contributed by atoms with Crippen LogP contribution >= 0.6 is 12.2 Å². The lowest BCUT2D eigenvalue weighted by atomic mass is 10.1. The summed E-state index contributed by atoms with van der Waals surface area (Å²) in [5.74, 6) is -0.895. The predicted molar refractivity (Wildman–Crippen MR) is 121 cm³/mol. The lowest BCUT2D eigenvalue weighted by molar-refractivity contribution is -0.163. The van der Waals surface area contributed by atoms with E-state index in [1.54, 1.807) is 56.9 Å². The predicted octanol–water partition coefficient (Wildman–Crippen LogP) is 1.79. The Morgan fingerprint density at radius 3 is 2.23 bits per heavy atom. The largest absolute Gasteiger partial charge is 0.458 e. The molecule has 1 aliphatic heterocycles. The number of nitrogens with zero attached hydrogens (tertiary/aromatic N) is 1. The molecule has 8 nitrogen and oxygen atoms in total. The van der Waals surface area contributed by atoms with Gasteiger partial charge in [0.05, 0.1) is 6.10 Å². The van der Waals surface area contributed by atoms with E-state index in [2.05, 4.69) is 5.32 Å². The molecule has 2 rings (SSSR count). The van der Waals surface area contributed by atoms with Crippen LogP contribution in [-0.2, 0) is 19.1 Å². The lowest BCUT2D eigenvalue weighted by Gasteiger charge is -2.33. The van der Waals surface area contributed by atoms with Gasteiger partial charge < -0.3 is 25.4 Å². The summed E-state index contributed by atoms with van der Waals surface area (Å²) in [4.78, 5) is 38.8. The number of benzene rings is 1. The van der Waals surface area contributed by atoms with E-state index in [1.807, 2.05) is 0 Å². The highest BCUT2D eigenvalue weighted by Gasteiger charge is 2.28. The van der Waals surface area contributed by atoms with Crippen molar-refractivity contribution in [1.29, 1.82) is 0 Å². The Morgan fingerprint density at radius 2 is 1.71 bits per heavy atom. The number of carbonyl (C=O) groups is 3. The molecule has 1 atom stereocenters. The summed E-state index contributed by atoms with van der Waals surface area (Å²) in [6.45, 7) is 7.98. The highest BCUT2D eigenvalue weighted by molar-refractivity contribution is 7.80. The smallest absolute Gasteiger partial charge is 0.332 e. The van der Waals surface area contributed by atoms with Gasteiger partial charge in [0.1, 0.15) is 23.2 Å². The molecule has 1 saturated heterocycles. The topological polar surface area (TPSA) is 111 Å². The van der Waals surface area contributed by atoms with Gasteiger partial charge in [0.15, 0.2) is 0 Å². The highest BCUT2D eigenvalue weighted by Crippen LogP contribution is 2.16. The van der Waals surface area contributed by atoms with Crippen molar-refractivity contribution in [2.24, 2.45) is 5.73 Å². The van der Waals surface area contributed by atoms with E-state index >= 15 is 0 Å². The number of rotatable bonds is 7. The molecule has 1 heterocycles. The Hall–Kier alpha value is -2.52. The Morgan fingerprint density at radius 1 is 1.16 bits per heavy atom. The third kappa shape index (κ3) is 7.91. The molecule has 170 valence electrons. The molecule has 0 aliphatic carbocycles. The van der Waals surface area contributed by atoms with Crippen molar-refractivity contribution >= 4 is 35.0 Å². The van der Waals surface area contributed by atoms with Crippen LogP contribution in [0, 0.1) is 0 Å². The second-order valence-electron chi connectivity index (χ2n) is 8.56. The maximum Gasteiger partial charge on any atom is 0.332 e. The molecule has 9 heteroatoms. The molecule has 0 unspecified atom stereocenters. The molecule has 1 fully saturated rings. The van der Waals surface area contributed by atoms with E-state index in [4.69, 9.17) is 27.4 Å². The van der Waals surface area contributed by atoms with Gasteiger partial charge in [0.25, 0.3) is 5.91 Å². The summed E-state index contributed by atoms with van der Waals surface area (Å²) in [5, 5.41) is 2.73. The molecule has 1 aliphatic rings. The molecule has 0 radical (unpaired) electrons. The number of hydrogen-bond acceptors (Lipinski definition) is 6. The number of piperidine rings is 1. The molecular weight excluding hydrogens is 418 g/mol. The maximum absolute atomic E-state index is 12.7. The van der Waals surface area contributed by atoms with Gasteiger partial charge >= 0.3 is 5.97 Å². The minimum Gasteiger partial charge on any atom is -0.458 e. The van der Waals surface area contributed by atoms with Crippen molar-refractivity contribution in [1.82, 2.24) is 10.2 Å². The molecule has 0 spiro atoms. The van der Waals surface area contributed by atoms with Gasteiger partial charge in [-0.25, -0.2) is 4.79 Å². The number of nitrogens with two attached hydrogens (primary N) is 1.